The number of carbonyl (C=O) groups is 2. The highest BCUT2D eigenvalue weighted by atomic mass is 19.1. The van der Waals surface area contributed by atoms with E-state index < -0.39 is 23.2 Å². The molecule has 0 aliphatic heterocycles. The SMILES string of the molecule is O=C(CCOC(=O)NCn1cc(F)c(=O)[nH]c1=O)NC1CCCC1. The molecular formula is C14H19FN4O5. The molecule has 0 radical (unpaired) electrons. The molecule has 3 N–H and O–H groups in total. The number of halogens is 1. The van der Waals surface area contributed by atoms with Gasteiger partial charge in [0.1, 0.15) is 13.3 Å². The lowest BCUT2D eigenvalue weighted by atomic mass is 10.2. The second-order valence-corrected chi connectivity index (χ2v) is 5.48. The molecule has 10 heteroatoms. The third-order valence-corrected chi connectivity index (χ3v) is 3.64. The summed E-state index contributed by atoms with van der Waals surface area (Å²) >= 11 is 0. The molecule has 1 aliphatic carbocycles. The van der Waals surface area contributed by atoms with Crippen LogP contribution in [0, 0.1) is 5.82 Å². The van der Waals surface area contributed by atoms with Gasteiger partial charge in [0.15, 0.2) is 0 Å². The number of nitrogens with one attached hydrogen (secondary N) is 3. The van der Waals surface area contributed by atoms with E-state index in [0.717, 1.165) is 30.3 Å². The monoisotopic (exact) mass is 342 g/mol. The molecule has 1 aromatic rings. The maximum atomic E-state index is 13.1. The summed E-state index contributed by atoms with van der Waals surface area (Å²) in [6, 6.07) is 0.202. The van der Waals surface area contributed by atoms with Gasteiger partial charge in [0.25, 0.3) is 5.56 Å². The molecule has 1 aliphatic rings. The van der Waals surface area contributed by atoms with Crippen LogP contribution in [0.25, 0.3) is 0 Å². The van der Waals surface area contributed by atoms with Gasteiger partial charge in [-0.25, -0.2) is 9.59 Å². The van der Waals surface area contributed by atoms with Crippen LogP contribution < -0.4 is 21.9 Å². The van der Waals surface area contributed by atoms with E-state index in [1.807, 2.05) is 0 Å². The van der Waals surface area contributed by atoms with Gasteiger partial charge in [-0.15, -0.1) is 0 Å². The number of hydrogen-bond acceptors (Lipinski definition) is 5. The van der Waals surface area contributed by atoms with Crippen LogP contribution in [0.5, 0.6) is 0 Å². The Labute approximate surface area is 136 Å². The van der Waals surface area contributed by atoms with Gasteiger partial charge in [0, 0.05) is 6.04 Å². The minimum absolute atomic E-state index is 0.0388. The topological polar surface area (TPSA) is 122 Å². The van der Waals surface area contributed by atoms with Crippen molar-refractivity contribution >= 4 is 12.0 Å². The summed E-state index contributed by atoms with van der Waals surface area (Å²) in [5, 5.41) is 5.07. The average molecular weight is 342 g/mol. The van der Waals surface area contributed by atoms with E-state index in [4.69, 9.17) is 4.74 Å². The summed E-state index contributed by atoms with van der Waals surface area (Å²) < 4.78 is 18.6. The van der Waals surface area contributed by atoms with Crippen molar-refractivity contribution in [3.05, 3.63) is 32.9 Å². The molecule has 24 heavy (non-hydrogen) atoms. The van der Waals surface area contributed by atoms with Crippen LogP contribution in [0.15, 0.2) is 15.8 Å². The molecule has 0 aromatic carbocycles. The Morgan fingerprint density at radius 2 is 2.04 bits per heavy atom. The molecule has 2 rings (SSSR count). The van der Waals surface area contributed by atoms with Crippen LogP contribution in [-0.2, 0) is 16.2 Å². The summed E-state index contributed by atoms with van der Waals surface area (Å²) in [6.45, 7) is -0.487. The van der Waals surface area contributed by atoms with Crippen molar-refractivity contribution < 1.29 is 18.7 Å². The average Bonchev–Trinajstić information content (AvgIpc) is 3.02. The Morgan fingerprint density at radius 1 is 1.33 bits per heavy atom. The van der Waals surface area contributed by atoms with Crippen LogP contribution in [0.3, 0.4) is 0 Å². The zero-order valence-electron chi connectivity index (χ0n) is 13.0. The fourth-order valence-corrected chi connectivity index (χ4v) is 2.41. The number of ether oxygens (including phenoxy) is 1. The van der Waals surface area contributed by atoms with Crippen molar-refractivity contribution in [1.29, 1.82) is 0 Å². The molecule has 1 heterocycles. The maximum absolute atomic E-state index is 13.1. The number of aromatic nitrogens is 2. The Kier molecular flexibility index (Phi) is 6.10. The molecule has 132 valence electrons. The third kappa shape index (κ3) is 5.21. The Hall–Kier alpha value is -2.65. The van der Waals surface area contributed by atoms with Crippen molar-refractivity contribution in [2.24, 2.45) is 0 Å². The van der Waals surface area contributed by atoms with Crippen molar-refractivity contribution in [2.45, 2.75) is 44.8 Å². The lowest BCUT2D eigenvalue weighted by Crippen LogP contribution is -2.37. The fraction of sp³-hybridized carbons (Fsp3) is 0.571. The summed E-state index contributed by atoms with van der Waals surface area (Å²) in [7, 11) is 0. The molecular weight excluding hydrogens is 323 g/mol. The van der Waals surface area contributed by atoms with Crippen LogP contribution in [-0.4, -0.2) is 34.2 Å². The van der Waals surface area contributed by atoms with E-state index in [-0.39, 0.29) is 31.6 Å². The summed E-state index contributed by atoms with van der Waals surface area (Å²) in [4.78, 5) is 47.1. The van der Waals surface area contributed by atoms with Crippen LogP contribution in [0.1, 0.15) is 32.1 Å². The molecule has 1 fully saturated rings. The minimum Gasteiger partial charge on any atom is -0.449 e. The Morgan fingerprint density at radius 3 is 2.75 bits per heavy atom. The molecule has 0 unspecified atom stereocenters. The maximum Gasteiger partial charge on any atom is 0.408 e. The van der Waals surface area contributed by atoms with Gasteiger partial charge in [0.2, 0.25) is 11.7 Å². The Bertz CT molecular complexity index is 708. The molecule has 1 saturated carbocycles. The van der Waals surface area contributed by atoms with Gasteiger partial charge >= 0.3 is 11.8 Å². The largest absolute Gasteiger partial charge is 0.449 e. The first-order valence-corrected chi connectivity index (χ1v) is 7.65. The first kappa shape index (κ1) is 17.7. The zero-order valence-corrected chi connectivity index (χ0v) is 13.0. The number of aromatic amines is 1. The predicted molar refractivity (Wildman–Crippen MR) is 80.8 cm³/mol. The second kappa shape index (κ2) is 8.27. The van der Waals surface area contributed by atoms with Crippen LogP contribution in [0.2, 0.25) is 0 Å². The Balaban J connectivity index is 1.68. The smallest absolute Gasteiger partial charge is 0.408 e. The van der Waals surface area contributed by atoms with Gasteiger partial charge in [-0.1, -0.05) is 12.8 Å². The summed E-state index contributed by atoms with van der Waals surface area (Å²) in [6.07, 6.45) is 4.01. The number of hydrogen-bond donors (Lipinski definition) is 3. The normalized spacial score (nSPS) is 14.4. The highest BCUT2D eigenvalue weighted by Crippen LogP contribution is 2.17. The predicted octanol–water partition coefficient (Wildman–Crippen LogP) is -0.192. The van der Waals surface area contributed by atoms with E-state index in [2.05, 4.69) is 10.6 Å². The fourth-order valence-electron chi connectivity index (χ4n) is 2.41. The number of H-pyrrole nitrogens is 1. The molecule has 0 saturated heterocycles. The number of alkyl carbamates (subject to hydrolysis) is 1. The number of carbonyl (C=O) groups excluding carboxylic acids is 2. The van der Waals surface area contributed by atoms with Crippen molar-refractivity contribution in [2.75, 3.05) is 6.61 Å². The highest BCUT2D eigenvalue weighted by molar-refractivity contribution is 5.76. The molecule has 9 nitrogen and oxygen atoms in total. The molecule has 1 aromatic heterocycles. The van der Waals surface area contributed by atoms with Gasteiger partial charge in [0.05, 0.1) is 12.6 Å². The highest BCUT2D eigenvalue weighted by Gasteiger charge is 2.17. The van der Waals surface area contributed by atoms with Crippen LogP contribution >= 0.6 is 0 Å². The number of amides is 2. The molecule has 0 spiro atoms. The van der Waals surface area contributed by atoms with E-state index in [9.17, 15) is 23.6 Å². The van der Waals surface area contributed by atoms with E-state index in [1.54, 1.807) is 4.98 Å². The van der Waals surface area contributed by atoms with Gasteiger partial charge in [-0.05, 0) is 12.8 Å². The van der Waals surface area contributed by atoms with Gasteiger partial charge < -0.3 is 15.4 Å². The quantitative estimate of drug-likeness (QED) is 0.661. The first-order valence-electron chi connectivity index (χ1n) is 7.65. The van der Waals surface area contributed by atoms with E-state index in [0.29, 0.717) is 6.20 Å². The third-order valence-electron chi connectivity index (χ3n) is 3.64. The number of rotatable bonds is 6. The van der Waals surface area contributed by atoms with Gasteiger partial charge in [-0.2, -0.15) is 4.39 Å². The molecule has 2 amide bonds. The summed E-state index contributed by atoms with van der Waals surface area (Å²) in [5.74, 6) is -1.33. The van der Waals surface area contributed by atoms with Crippen molar-refractivity contribution in [3.63, 3.8) is 0 Å². The molecule has 0 bridgehead atoms. The minimum atomic E-state index is -1.15. The van der Waals surface area contributed by atoms with E-state index in [1.165, 1.54) is 0 Å². The standard InChI is InChI=1S/C14H19FN4O5/c15-10-7-19(13(22)18-12(10)21)8-16-14(23)24-6-5-11(20)17-9-3-1-2-4-9/h7,9H,1-6,8H2,(H,16,23)(H,17,20)(H,18,21,22). The number of nitrogens with zero attached hydrogens (tertiary/aromatic N) is 1. The van der Waals surface area contributed by atoms with E-state index >= 15 is 0 Å². The first-order chi connectivity index (χ1) is 11.5. The van der Waals surface area contributed by atoms with Crippen molar-refractivity contribution in [1.82, 2.24) is 20.2 Å². The van der Waals surface area contributed by atoms with Crippen LogP contribution in [0.4, 0.5) is 9.18 Å². The van der Waals surface area contributed by atoms with Crippen molar-refractivity contribution in [3.8, 4) is 0 Å². The summed E-state index contributed by atoms with van der Waals surface area (Å²) in [5.41, 5.74) is -2.00. The lowest BCUT2D eigenvalue weighted by Gasteiger charge is -2.12. The zero-order chi connectivity index (χ0) is 17.5. The molecule has 0 atom stereocenters. The lowest BCUT2D eigenvalue weighted by molar-refractivity contribution is -0.122. The van der Waals surface area contributed by atoms with Gasteiger partial charge in [-0.3, -0.25) is 19.1 Å². The second-order valence-electron chi connectivity index (χ2n) is 5.48.